The minimum Gasteiger partial charge on any atom is -0.394 e. The van der Waals surface area contributed by atoms with Crippen LogP contribution >= 0.6 is 28.3 Å². The molecule has 0 amide bonds. The van der Waals surface area contributed by atoms with Crippen molar-refractivity contribution in [2.24, 2.45) is 0 Å². The molecule has 2 aliphatic rings. The molecule has 3 rings (SSSR count). The van der Waals surface area contributed by atoms with Crippen LogP contribution in [0.25, 0.3) is 0 Å². The highest BCUT2D eigenvalue weighted by Gasteiger charge is 2.49. The number of hydrogen-bond donors (Lipinski definition) is 9. The zero-order valence-corrected chi connectivity index (χ0v) is 20.5. The van der Waals surface area contributed by atoms with Gasteiger partial charge in [0, 0.05) is 12.3 Å². The van der Waals surface area contributed by atoms with E-state index in [4.69, 9.17) is 9.47 Å². The van der Waals surface area contributed by atoms with Gasteiger partial charge in [0.05, 0.1) is 24.6 Å². The largest absolute Gasteiger partial charge is 0.483 e. The summed E-state index contributed by atoms with van der Waals surface area (Å²) in [6.07, 6.45) is -12.2. The number of aliphatic hydroxyl groups is 5. The Kier molecular flexibility index (Phi) is 9.36. The van der Waals surface area contributed by atoms with E-state index in [1.54, 1.807) is 0 Å². The van der Waals surface area contributed by atoms with Gasteiger partial charge in [0.2, 0.25) is 0 Å². The van der Waals surface area contributed by atoms with Gasteiger partial charge in [-0.05, 0) is 0 Å². The van der Waals surface area contributed by atoms with Crippen LogP contribution in [0, 0.1) is 0 Å². The van der Waals surface area contributed by atoms with Crippen molar-refractivity contribution in [1.82, 2.24) is 9.55 Å². The van der Waals surface area contributed by atoms with Crippen molar-refractivity contribution in [3.8, 4) is 0 Å². The number of H-pyrrole nitrogens is 1. The van der Waals surface area contributed by atoms with Crippen molar-refractivity contribution in [3.05, 3.63) is 33.1 Å². The summed E-state index contributed by atoms with van der Waals surface area (Å²) in [5.74, 6) is 0. The van der Waals surface area contributed by atoms with Crippen LogP contribution in [0.15, 0.2) is 21.9 Å². The van der Waals surface area contributed by atoms with Crippen molar-refractivity contribution in [1.29, 1.82) is 0 Å². The van der Waals surface area contributed by atoms with Gasteiger partial charge in [-0.15, -0.1) is 0 Å². The summed E-state index contributed by atoms with van der Waals surface area (Å²) in [6.45, 7) is -1.81. The lowest BCUT2D eigenvalue weighted by Crippen LogP contribution is -2.57. The summed E-state index contributed by atoms with van der Waals surface area (Å²) >= 11 is 3.88. The van der Waals surface area contributed by atoms with Gasteiger partial charge in [-0.2, -0.15) is 16.9 Å². The number of ether oxygens (including phenoxy) is 2. The second-order valence-electron chi connectivity index (χ2n) is 7.68. The molecule has 0 spiro atoms. The Balaban J connectivity index is 1.61. The average Bonchev–Trinajstić information content (AvgIpc) is 3.06. The highest BCUT2D eigenvalue weighted by molar-refractivity contribution is 7.81. The van der Waals surface area contributed by atoms with Crippen LogP contribution in [0.5, 0.6) is 0 Å². The maximum atomic E-state index is 12.2. The number of rotatable bonds is 9. The van der Waals surface area contributed by atoms with E-state index in [0.717, 1.165) is 16.8 Å². The van der Waals surface area contributed by atoms with Crippen LogP contribution < -0.4 is 11.2 Å². The monoisotopic (exact) mass is 582 g/mol. The second-order valence-corrected chi connectivity index (χ2v) is 11.3. The number of phosphoric ester groups is 2. The molecule has 11 atom stereocenters. The standard InChI is InChI=1S/C15H24N2O16P2S/c18-3-5-8(20)10(22)12(36)14(31-5)32-35(27,28)33-34(25,26)29-4-6-9(21)11(23)13(30-6)17-2-1-7(19)16-15(17)24/h1-2,5-6,8-14,18,20-23,36H,3-4H2,(H,25,26)(H,27,28)(H,16,19,24). The third kappa shape index (κ3) is 6.71. The molecule has 1 aromatic rings. The summed E-state index contributed by atoms with van der Waals surface area (Å²) < 4.78 is 48.7. The Hall–Kier alpha value is -0.990. The van der Waals surface area contributed by atoms with Gasteiger partial charge in [0.25, 0.3) is 5.56 Å². The first-order valence-corrected chi connectivity index (χ1v) is 13.5. The lowest BCUT2D eigenvalue weighted by atomic mass is 10.0. The van der Waals surface area contributed by atoms with E-state index in [1.807, 2.05) is 4.98 Å². The lowest BCUT2D eigenvalue weighted by molar-refractivity contribution is -0.228. The van der Waals surface area contributed by atoms with Crippen LogP contribution in [0.4, 0.5) is 0 Å². The Morgan fingerprint density at radius 2 is 1.64 bits per heavy atom. The first kappa shape index (κ1) is 29.6. The average molecular weight is 582 g/mol. The number of nitrogens with one attached hydrogen (secondary N) is 1. The maximum absolute atomic E-state index is 12.2. The van der Waals surface area contributed by atoms with Crippen LogP contribution in [-0.4, -0.2) is 106 Å². The first-order chi connectivity index (χ1) is 16.7. The zero-order chi connectivity index (χ0) is 27.0. The van der Waals surface area contributed by atoms with E-state index in [9.17, 15) is 54.0 Å². The summed E-state index contributed by atoms with van der Waals surface area (Å²) in [6, 6.07) is 0.941. The van der Waals surface area contributed by atoms with Gasteiger partial charge in [0.15, 0.2) is 12.5 Å². The van der Waals surface area contributed by atoms with Gasteiger partial charge in [-0.3, -0.25) is 23.4 Å². The van der Waals surface area contributed by atoms with Crippen LogP contribution in [0.2, 0.25) is 0 Å². The smallest absolute Gasteiger partial charge is 0.394 e. The van der Waals surface area contributed by atoms with Crippen molar-refractivity contribution in [3.63, 3.8) is 0 Å². The van der Waals surface area contributed by atoms with Crippen LogP contribution in [0.3, 0.4) is 0 Å². The van der Waals surface area contributed by atoms with E-state index in [2.05, 4.69) is 26.0 Å². The van der Waals surface area contributed by atoms with E-state index >= 15 is 0 Å². The molecule has 2 fully saturated rings. The fraction of sp³-hybridized carbons (Fsp3) is 0.733. The normalized spacial score (nSPS) is 38.4. The molecule has 1 aromatic heterocycles. The number of aromatic amines is 1. The van der Waals surface area contributed by atoms with Crippen molar-refractivity contribution in [2.45, 2.75) is 54.4 Å². The highest BCUT2D eigenvalue weighted by Crippen LogP contribution is 2.61. The molecule has 206 valence electrons. The first-order valence-electron chi connectivity index (χ1n) is 9.99. The molecule has 2 aliphatic heterocycles. The minimum absolute atomic E-state index is 0.737. The molecule has 0 saturated carbocycles. The van der Waals surface area contributed by atoms with Gasteiger partial charge >= 0.3 is 21.3 Å². The number of aromatic nitrogens is 2. The molecule has 11 unspecified atom stereocenters. The minimum atomic E-state index is -5.48. The summed E-state index contributed by atoms with van der Waals surface area (Å²) in [5.41, 5.74) is -1.72. The van der Waals surface area contributed by atoms with Crippen molar-refractivity contribution < 1.29 is 67.3 Å². The predicted octanol–water partition coefficient (Wildman–Crippen LogP) is -3.86. The number of nitrogens with zero attached hydrogens (tertiary/aromatic N) is 1. The molecule has 0 bridgehead atoms. The lowest BCUT2D eigenvalue weighted by Gasteiger charge is -2.40. The number of thiol groups is 1. The molecule has 0 aromatic carbocycles. The molecule has 21 heteroatoms. The van der Waals surface area contributed by atoms with Crippen molar-refractivity contribution in [2.75, 3.05) is 13.2 Å². The van der Waals surface area contributed by atoms with E-state index in [1.165, 1.54) is 0 Å². The van der Waals surface area contributed by atoms with E-state index in [0.29, 0.717) is 0 Å². The Morgan fingerprint density at radius 1 is 1.00 bits per heavy atom. The molecular formula is C15H24N2O16P2S. The van der Waals surface area contributed by atoms with E-state index < -0.39 is 94.5 Å². The fourth-order valence-corrected chi connectivity index (χ4v) is 5.92. The third-order valence-corrected chi connectivity index (χ3v) is 8.31. The Bertz CT molecular complexity index is 1130. The quantitative estimate of drug-likeness (QED) is 0.0995. The third-order valence-electron chi connectivity index (χ3n) is 5.16. The fourth-order valence-electron chi connectivity index (χ4n) is 3.35. The molecular weight excluding hydrogens is 558 g/mol. The number of phosphoric acid groups is 2. The number of hydrogen-bond acceptors (Lipinski definition) is 15. The summed E-state index contributed by atoms with van der Waals surface area (Å²) in [4.78, 5) is 44.7. The topological polar surface area (TPSA) is 277 Å². The second kappa shape index (κ2) is 11.4. The Labute approximate surface area is 206 Å². The highest BCUT2D eigenvalue weighted by atomic mass is 32.1. The number of aliphatic hydroxyl groups excluding tert-OH is 5. The molecule has 8 N–H and O–H groups in total. The molecule has 2 saturated heterocycles. The molecule has 36 heavy (non-hydrogen) atoms. The molecule has 0 aliphatic carbocycles. The van der Waals surface area contributed by atoms with Crippen molar-refractivity contribution >= 4 is 28.3 Å². The van der Waals surface area contributed by atoms with Gasteiger partial charge < -0.3 is 44.8 Å². The van der Waals surface area contributed by atoms with Gasteiger partial charge in [-0.1, -0.05) is 0 Å². The van der Waals surface area contributed by atoms with Crippen LogP contribution in [-0.2, 0) is 32.0 Å². The molecule has 3 heterocycles. The zero-order valence-electron chi connectivity index (χ0n) is 17.9. The summed E-state index contributed by atoms with van der Waals surface area (Å²) in [7, 11) is -10.9. The SMILES string of the molecule is O=c1ccn(C2OC(COP(=O)(O)OP(=O)(O)OC3OC(CO)C(O)C(O)C3S)C(O)C2O)c(=O)[nH]1. The van der Waals surface area contributed by atoms with Gasteiger partial charge in [0.1, 0.15) is 30.5 Å². The maximum Gasteiger partial charge on any atom is 0.483 e. The molecule has 0 radical (unpaired) electrons. The predicted molar refractivity (Wildman–Crippen MR) is 116 cm³/mol. The Morgan fingerprint density at radius 3 is 2.25 bits per heavy atom. The summed E-state index contributed by atoms with van der Waals surface area (Å²) in [5, 5.41) is 47.7. The molecule has 18 nitrogen and oxygen atoms in total. The van der Waals surface area contributed by atoms with E-state index in [-0.39, 0.29) is 0 Å². The van der Waals surface area contributed by atoms with Crippen LogP contribution in [0.1, 0.15) is 6.23 Å². The van der Waals surface area contributed by atoms with Gasteiger partial charge in [-0.25, -0.2) is 13.9 Å².